The van der Waals surface area contributed by atoms with E-state index in [1.165, 1.54) is 18.2 Å². The SMILES string of the molecule is CC(=O)N(CC(F)(F)F)S(=O)(=O)c1ccccc1. The zero-order valence-electron chi connectivity index (χ0n) is 9.31. The molecular weight excluding hydrogens is 271 g/mol. The lowest BCUT2D eigenvalue weighted by Gasteiger charge is -2.22. The van der Waals surface area contributed by atoms with E-state index in [2.05, 4.69) is 0 Å². The molecule has 1 amide bonds. The second-order valence-corrected chi connectivity index (χ2v) is 5.32. The van der Waals surface area contributed by atoms with Gasteiger partial charge in [0, 0.05) is 6.92 Å². The fraction of sp³-hybridized carbons (Fsp3) is 0.300. The standard InChI is InChI=1S/C10H10F3NO3S/c1-8(15)14(7-10(11,12)13)18(16,17)9-5-3-2-4-6-9/h2-6H,7H2,1H3. The van der Waals surface area contributed by atoms with Gasteiger partial charge in [-0.2, -0.15) is 13.2 Å². The number of alkyl halides is 3. The largest absolute Gasteiger partial charge is 0.407 e. The minimum absolute atomic E-state index is 0.192. The number of benzene rings is 1. The predicted octanol–water partition coefficient (Wildman–Crippen LogP) is 1.79. The Morgan fingerprint density at radius 2 is 1.72 bits per heavy atom. The van der Waals surface area contributed by atoms with E-state index in [1.54, 1.807) is 0 Å². The van der Waals surface area contributed by atoms with Gasteiger partial charge in [0.2, 0.25) is 5.91 Å². The van der Waals surface area contributed by atoms with Crippen molar-refractivity contribution in [3.8, 4) is 0 Å². The van der Waals surface area contributed by atoms with Crippen molar-refractivity contribution >= 4 is 15.9 Å². The van der Waals surface area contributed by atoms with E-state index in [1.807, 2.05) is 0 Å². The Kier molecular flexibility index (Phi) is 4.00. The quantitative estimate of drug-likeness (QED) is 0.848. The van der Waals surface area contributed by atoms with Gasteiger partial charge >= 0.3 is 6.18 Å². The van der Waals surface area contributed by atoms with E-state index < -0.39 is 28.7 Å². The van der Waals surface area contributed by atoms with Gasteiger partial charge in [-0.3, -0.25) is 4.79 Å². The highest BCUT2D eigenvalue weighted by Crippen LogP contribution is 2.22. The van der Waals surface area contributed by atoms with Gasteiger partial charge in [-0.1, -0.05) is 18.2 Å². The fourth-order valence-corrected chi connectivity index (χ4v) is 2.66. The Morgan fingerprint density at radius 3 is 2.11 bits per heavy atom. The average Bonchev–Trinajstić information content (AvgIpc) is 2.25. The number of hydrogen-bond donors (Lipinski definition) is 0. The smallest absolute Gasteiger partial charge is 0.274 e. The Balaban J connectivity index is 3.18. The van der Waals surface area contributed by atoms with E-state index in [0.29, 0.717) is 0 Å². The van der Waals surface area contributed by atoms with Crippen LogP contribution < -0.4 is 0 Å². The number of carbonyl (C=O) groups is 1. The second-order valence-electron chi connectivity index (χ2n) is 3.46. The van der Waals surface area contributed by atoms with Gasteiger partial charge in [0.05, 0.1) is 4.90 Å². The molecule has 0 heterocycles. The molecule has 4 nitrogen and oxygen atoms in total. The molecule has 1 aromatic carbocycles. The van der Waals surface area contributed by atoms with Crippen molar-refractivity contribution in [3.05, 3.63) is 30.3 Å². The zero-order valence-corrected chi connectivity index (χ0v) is 10.1. The molecule has 0 aromatic heterocycles. The van der Waals surface area contributed by atoms with Crippen LogP contribution in [-0.4, -0.2) is 31.4 Å². The van der Waals surface area contributed by atoms with Crippen molar-refractivity contribution in [2.75, 3.05) is 6.54 Å². The molecule has 0 spiro atoms. The maximum atomic E-state index is 12.3. The third-order valence-electron chi connectivity index (χ3n) is 2.01. The van der Waals surface area contributed by atoms with E-state index >= 15 is 0 Å². The molecule has 8 heteroatoms. The summed E-state index contributed by atoms with van der Waals surface area (Å²) >= 11 is 0. The van der Waals surface area contributed by atoms with Crippen LogP contribution in [0.4, 0.5) is 13.2 Å². The molecule has 0 atom stereocenters. The number of halogens is 3. The summed E-state index contributed by atoms with van der Waals surface area (Å²) in [4.78, 5) is 10.7. The molecule has 0 aliphatic heterocycles. The van der Waals surface area contributed by atoms with Gasteiger partial charge in [0.15, 0.2) is 0 Å². The molecule has 100 valence electrons. The first-order valence-electron chi connectivity index (χ1n) is 4.80. The highest BCUT2D eigenvalue weighted by atomic mass is 32.2. The molecule has 0 N–H and O–H groups in total. The third-order valence-corrected chi connectivity index (χ3v) is 3.84. The Bertz CT molecular complexity index is 525. The van der Waals surface area contributed by atoms with Crippen LogP contribution in [0, 0.1) is 0 Å². The van der Waals surface area contributed by atoms with Gasteiger partial charge < -0.3 is 0 Å². The normalized spacial score (nSPS) is 12.2. The van der Waals surface area contributed by atoms with E-state index in [4.69, 9.17) is 0 Å². The molecule has 1 rings (SSSR count). The van der Waals surface area contributed by atoms with Gasteiger partial charge in [0.1, 0.15) is 6.54 Å². The van der Waals surface area contributed by atoms with Gasteiger partial charge in [-0.15, -0.1) is 0 Å². The van der Waals surface area contributed by atoms with Crippen LogP contribution in [-0.2, 0) is 14.8 Å². The lowest BCUT2D eigenvalue weighted by atomic mass is 10.4. The van der Waals surface area contributed by atoms with Crippen LogP contribution in [0.3, 0.4) is 0 Å². The van der Waals surface area contributed by atoms with Gasteiger partial charge in [0.25, 0.3) is 10.0 Å². The first-order chi connectivity index (χ1) is 8.14. The monoisotopic (exact) mass is 281 g/mol. The van der Waals surface area contributed by atoms with Crippen molar-refractivity contribution in [2.45, 2.75) is 18.0 Å². The van der Waals surface area contributed by atoms with Crippen LogP contribution in [0.15, 0.2) is 35.2 Å². The highest BCUT2D eigenvalue weighted by Gasteiger charge is 2.38. The summed E-state index contributed by atoms with van der Waals surface area (Å²) in [6.07, 6.45) is -4.78. The summed E-state index contributed by atoms with van der Waals surface area (Å²) in [5, 5.41) is 0. The summed E-state index contributed by atoms with van der Waals surface area (Å²) in [5.74, 6) is -1.18. The molecule has 0 aliphatic rings. The third kappa shape index (κ3) is 3.46. The molecule has 0 unspecified atom stereocenters. The fourth-order valence-electron chi connectivity index (χ4n) is 1.25. The Labute approximate surface area is 102 Å². The lowest BCUT2D eigenvalue weighted by Crippen LogP contribution is -2.41. The van der Waals surface area contributed by atoms with Crippen molar-refractivity contribution in [1.82, 2.24) is 4.31 Å². The summed E-state index contributed by atoms with van der Waals surface area (Å²) in [6.45, 7) is -1.06. The number of sulfonamides is 1. The minimum atomic E-state index is -4.78. The molecular formula is C10H10F3NO3S. The number of hydrogen-bond acceptors (Lipinski definition) is 3. The average molecular weight is 281 g/mol. The first-order valence-corrected chi connectivity index (χ1v) is 6.24. The van der Waals surface area contributed by atoms with Crippen LogP contribution in [0.25, 0.3) is 0 Å². The van der Waals surface area contributed by atoms with Crippen molar-refractivity contribution in [2.24, 2.45) is 0 Å². The van der Waals surface area contributed by atoms with E-state index in [9.17, 15) is 26.4 Å². The Hall–Kier alpha value is -1.57. The van der Waals surface area contributed by atoms with Crippen LogP contribution >= 0.6 is 0 Å². The molecule has 0 saturated heterocycles. The predicted molar refractivity (Wildman–Crippen MR) is 57.1 cm³/mol. The number of nitrogens with zero attached hydrogens (tertiary/aromatic N) is 1. The zero-order chi connectivity index (χ0) is 14.0. The summed E-state index contributed by atoms with van der Waals surface area (Å²) in [5.41, 5.74) is 0. The van der Waals surface area contributed by atoms with Gasteiger partial charge in [-0.25, -0.2) is 12.7 Å². The van der Waals surface area contributed by atoms with Crippen molar-refractivity contribution in [3.63, 3.8) is 0 Å². The molecule has 0 radical (unpaired) electrons. The number of amides is 1. The highest BCUT2D eigenvalue weighted by molar-refractivity contribution is 7.89. The molecule has 1 aromatic rings. The second kappa shape index (κ2) is 4.97. The van der Waals surface area contributed by atoms with Crippen LogP contribution in [0.2, 0.25) is 0 Å². The van der Waals surface area contributed by atoms with E-state index in [-0.39, 0.29) is 9.20 Å². The van der Waals surface area contributed by atoms with E-state index in [0.717, 1.165) is 19.1 Å². The van der Waals surface area contributed by atoms with Gasteiger partial charge in [-0.05, 0) is 12.1 Å². The molecule has 0 aliphatic carbocycles. The lowest BCUT2D eigenvalue weighted by molar-refractivity contribution is -0.149. The topological polar surface area (TPSA) is 54.5 Å². The number of rotatable bonds is 3. The minimum Gasteiger partial charge on any atom is -0.274 e. The van der Waals surface area contributed by atoms with Crippen molar-refractivity contribution in [1.29, 1.82) is 0 Å². The Morgan fingerprint density at radius 1 is 1.22 bits per heavy atom. The molecule has 18 heavy (non-hydrogen) atoms. The van der Waals surface area contributed by atoms with Crippen LogP contribution in [0.1, 0.15) is 6.92 Å². The maximum absolute atomic E-state index is 12.3. The molecule has 0 bridgehead atoms. The first kappa shape index (κ1) is 14.5. The number of carbonyl (C=O) groups excluding carboxylic acids is 1. The summed E-state index contributed by atoms with van der Waals surface area (Å²) in [7, 11) is -4.47. The maximum Gasteiger partial charge on any atom is 0.407 e. The molecule has 0 fully saturated rings. The molecule has 0 saturated carbocycles. The van der Waals surface area contributed by atoms with Crippen LogP contribution in [0.5, 0.6) is 0 Å². The van der Waals surface area contributed by atoms with Crippen molar-refractivity contribution < 1.29 is 26.4 Å². The summed E-state index contributed by atoms with van der Waals surface area (Å²) in [6, 6.07) is 6.49. The summed E-state index contributed by atoms with van der Waals surface area (Å²) < 4.78 is 60.3.